The van der Waals surface area contributed by atoms with E-state index < -0.39 is 5.97 Å². The summed E-state index contributed by atoms with van der Waals surface area (Å²) < 4.78 is 5.70. The summed E-state index contributed by atoms with van der Waals surface area (Å²) in [6.45, 7) is 1.36. The molecule has 0 aromatic heterocycles. The normalized spacial score (nSPS) is 10.9. The molecule has 0 aliphatic rings. The van der Waals surface area contributed by atoms with E-state index in [-0.39, 0.29) is 6.54 Å². The van der Waals surface area contributed by atoms with Crippen LogP contribution in [0.4, 0.5) is 0 Å². The predicted molar refractivity (Wildman–Crippen MR) is 79.2 cm³/mol. The maximum absolute atomic E-state index is 10.5. The lowest BCUT2D eigenvalue weighted by molar-refractivity contribution is -0.138. The minimum atomic E-state index is -0.803. The Morgan fingerprint density at radius 3 is 2.70 bits per heavy atom. The Bertz CT molecular complexity index is 583. The van der Waals surface area contributed by atoms with Gasteiger partial charge in [-0.25, -0.2) is 0 Å². The molecule has 0 unspecified atom stereocenters. The lowest BCUT2D eigenvalue weighted by atomic mass is 10.1. The molecule has 4 nitrogen and oxygen atoms in total. The molecule has 0 saturated carbocycles. The minimum Gasteiger partial charge on any atom is -0.494 e. The fourth-order valence-corrected chi connectivity index (χ4v) is 2.09. The lowest BCUT2D eigenvalue weighted by Gasteiger charge is -2.14. The Balaban J connectivity index is 1.79. The van der Waals surface area contributed by atoms with E-state index in [0.29, 0.717) is 13.2 Å². The van der Waals surface area contributed by atoms with E-state index in [2.05, 4.69) is 12.1 Å². The molecular weight excluding hydrogens is 254 g/mol. The first-order valence-corrected chi connectivity index (χ1v) is 6.67. The number of carbonyl (C=O) groups is 1. The van der Waals surface area contributed by atoms with E-state index in [1.165, 1.54) is 5.39 Å². The van der Waals surface area contributed by atoms with Gasteiger partial charge in [-0.15, -0.1) is 0 Å². The van der Waals surface area contributed by atoms with Crippen molar-refractivity contribution >= 4 is 16.7 Å². The van der Waals surface area contributed by atoms with Crippen LogP contribution in [-0.2, 0) is 4.79 Å². The maximum atomic E-state index is 10.5. The Hall–Kier alpha value is -2.07. The number of fused-ring (bicyclic) bond motifs is 1. The second-order valence-electron chi connectivity index (χ2n) is 4.84. The van der Waals surface area contributed by atoms with Gasteiger partial charge in [-0.05, 0) is 36.4 Å². The van der Waals surface area contributed by atoms with Crippen molar-refractivity contribution in [1.29, 1.82) is 0 Å². The zero-order valence-corrected chi connectivity index (χ0v) is 11.6. The van der Waals surface area contributed by atoms with Gasteiger partial charge in [0.25, 0.3) is 0 Å². The van der Waals surface area contributed by atoms with Gasteiger partial charge < -0.3 is 9.84 Å². The molecule has 0 saturated heterocycles. The number of likely N-dealkylation sites (N-methyl/N-ethyl adjacent to an activating group) is 1. The first-order chi connectivity index (χ1) is 9.65. The largest absolute Gasteiger partial charge is 0.494 e. The van der Waals surface area contributed by atoms with Crippen LogP contribution in [0.3, 0.4) is 0 Å². The SMILES string of the molecule is CN(CCCOc1ccc2ccccc2c1)CC(=O)O. The summed E-state index contributed by atoms with van der Waals surface area (Å²) in [6.07, 6.45) is 0.802. The van der Waals surface area contributed by atoms with E-state index in [4.69, 9.17) is 9.84 Å². The number of rotatable bonds is 7. The van der Waals surface area contributed by atoms with Gasteiger partial charge >= 0.3 is 5.97 Å². The van der Waals surface area contributed by atoms with Crippen molar-refractivity contribution in [2.24, 2.45) is 0 Å². The quantitative estimate of drug-likeness (QED) is 0.788. The Morgan fingerprint density at radius 2 is 1.95 bits per heavy atom. The van der Waals surface area contributed by atoms with Gasteiger partial charge in [0.1, 0.15) is 5.75 Å². The molecule has 0 aliphatic heterocycles. The van der Waals surface area contributed by atoms with Crippen LogP contribution >= 0.6 is 0 Å². The van der Waals surface area contributed by atoms with Crippen molar-refractivity contribution in [1.82, 2.24) is 4.90 Å². The van der Waals surface area contributed by atoms with Crippen LogP contribution in [0.25, 0.3) is 10.8 Å². The third-order valence-electron chi connectivity index (χ3n) is 3.08. The van der Waals surface area contributed by atoms with Crippen LogP contribution in [-0.4, -0.2) is 42.7 Å². The van der Waals surface area contributed by atoms with E-state index in [9.17, 15) is 4.79 Å². The number of aliphatic carboxylic acids is 1. The summed E-state index contributed by atoms with van der Waals surface area (Å²) in [5.74, 6) is 0.0486. The molecule has 0 atom stereocenters. The van der Waals surface area contributed by atoms with Crippen LogP contribution in [0.2, 0.25) is 0 Å². The molecule has 106 valence electrons. The topological polar surface area (TPSA) is 49.8 Å². The van der Waals surface area contributed by atoms with Gasteiger partial charge in [-0.1, -0.05) is 30.3 Å². The van der Waals surface area contributed by atoms with Crippen LogP contribution in [0.15, 0.2) is 42.5 Å². The van der Waals surface area contributed by atoms with Gasteiger partial charge in [0.15, 0.2) is 0 Å². The van der Waals surface area contributed by atoms with Gasteiger partial charge in [-0.3, -0.25) is 9.69 Å². The van der Waals surface area contributed by atoms with Crippen molar-refractivity contribution in [3.05, 3.63) is 42.5 Å². The molecule has 1 N–H and O–H groups in total. The van der Waals surface area contributed by atoms with Gasteiger partial charge in [0.05, 0.1) is 13.2 Å². The summed E-state index contributed by atoms with van der Waals surface area (Å²) in [5.41, 5.74) is 0. The molecule has 0 fully saturated rings. The number of nitrogens with zero attached hydrogens (tertiary/aromatic N) is 1. The number of hydrogen-bond acceptors (Lipinski definition) is 3. The molecule has 0 bridgehead atoms. The lowest BCUT2D eigenvalue weighted by Crippen LogP contribution is -2.27. The summed E-state index contributed by atoms with van der Waals surface area (Å²) in [6, 6.07) is 14.2. The molecule has 0 spiro atoms. The first kappa shape index (κ1) is 14.3. The van der Waals surface area contributed by atoms with Crippen molar-refractivity contribution in [3.8, 4) is 5.75 Å². The average molecular weight is 273 g/mol. The van der Waals surface area contributed by atoms with Gasteiger partial charge in [-0.2, -0.15) is 0 Å². The van der Waals surface area contributed by atoms with Crippen LogP contribution in [0.1, 0.15) is 6.42 Å². The second kappa shape index (κ2) is 6.91. The molecule has 0 heterocycles. The third-order valence-corrected chi connectivity index (χ3v) is 3.08. The highest BCUT2D eigenvalue weighted by Crippen LogP contribution is 2.20. The standard InChI is InChI=1S/C16H19NO3/c1-17(12-16(18)19)9-4-10-20-15-8-7-13-5-2-3-6-14(13)11-15/h2-3,5-8,11H,4,9-10,12H2,1H3,(H,18,19). The molecule has 20 heavy (non-hydrogen) atoms. The second-order valence-corrected chi connectivity index (χ2v) is 4.84. The Kier molecular flexibility index (Phi) is 4.96. The van der Waals surface area contributed by atoms with Crippen LogP contribution in [0, 0.1) is 0 Å². The number of carboxylic acid groups (broad SMARTS) is 1. The predicted octanol–water partition coefficient (Wildman–Crippen LogP) is 2.63. The van der Waals surface area contributed by atoms with Gasteiger partial charge in [0.2, 0.25) is 0 Å². The van der Waals surface area contributed by atoms with E-state index in [0.717, 1.165) is 17.6 Å². The summed E-state index contributed by atoms with van der Waals surface area (Å²) >= 11 is 0. The molecule has 0 aliphatic carbocycles. The van der Waals surface area contributed by atoms with Crippen LogP contribution < -0.4 is 4.74 Å². The number of carboxylic acids is 1. The average Bonchev–Trinajstić information content (AvgIpc) is 2.43. The van der Waals surface area contributed by atoms with Crippen molar-refractivity contribution < 1.29 is 14.6 Å². The molecule has 2 aromatic carbocycles. The highest BCUT2D eigenvalue weighted by atomic mass is 16.5. The zero-order valence-electron chi connectivity index (χ0n) is 11.6. The monoisotopic (exact) mass is 273 g/mol. The molecule has 0 radical (unpaired) electrons. The fourth-order valence-electron chi connectivity index (χ4n) is 2.09. The number of hydrogen-bond donors (Lipinski definition) is 1. The van der Waals surface area contributed by atoms with E-state index >= 15 is 0 Å². The maximum Gasteiger partial charge on any atom is 0.317 e. The fraction of sp³-hybridized carbons (Fsp3) is 0.312. The molecule has 2 aromatic rings. The minimum absolute atomic E-state index is 0.0655. The zero-order chi connectivity index (χ0) is 14.4. The van der Waals surface area contributed by atoms with Crippen molar-refractivity contribution in [3.63, 3.8) is 0 Å². The molecule has 2 rings (SSSR count). The van der Waals surface area contributed by atoms with Crippen molar-refractivity contribution in [2.75, 3.05) is 26.7 Å². The molecular formula is C16H19NO3. The number of benzene rings is 2. The summed E-state index contributed by atoms with van der Waals surface area (Å²) in [4.78, 5) is 12.3. The number of ether oxygens (including phenoxy) is 1. The Labute approximate surface area is 118 Å². The highest BCUT2D eigenvalue weighted by molar-refractivity contribution is 5.83. The Morgan fingerprint density at radius 1 is 1.20 bits per heavy atom. The van der Waals surface area contributed by atoms with E-state index in [1.807, 2.05) is 30.3 Å². The molecule has 4 heteroatoms. The smallest absolute Gasteiger partial charge is 0.317 e. The van der Waals surface area contributed by atoms with Gasteiger partial charge in [0, 0.05) is 6.54 Å². The summed E-state index contributed by atoms with van der Waals surface area (Å²) in [5, 5.41) is 11.0. The van der Waals surface area contributed by atoms with Crippen LogP contribution in [0.5, 0.6) is 5.75 Å². The third kappa shape index (κ3) is 4.24. The molecule has 0 amide bonds. The summed E-state index contributed by atoms with van der Waals surface area (Å²) in [7, 11) is 1.80. The highest BCUT2D eigenvalue weighted by Gasteiger charge is 2.03. The first-order valence-electron chi connectivity index (χ1n) is 6.67. The van der Waals surface area contributed by atoms with E-state index in [1.54, 1.807) is 11.9 Å². The van der Waals surface area contributed by atoms with Crippen molar-refractivity contribution in [2.45, 2.75) is 6.42 Å².